The highest BCUT2D eigenvalue weighted by Gasteiger charge is 2.23. The molecule has 1 aliphatic heterocycles. The largest absolute Gasteiger partial charge is 0.493 e. The Labute approximate surface area is 76.3 Å². The minimum atomic E-state index is -0.253. The van der Waals surface area contributed by atoms with E-state index in [1.807, 2.05) is 13.0 Å². The molecule has 68 valence electrons. The Bertz CT molecular complexity index is 344. The van der Waals surface area contributed by atoms with E-state index in [0.29, 0.717) is 18.8 Å². The summed E-state index contributed by atoms with van der Waals surface area (Å²) in [5.74, 6) is 0.502. The first-order valence-electron chi connectivity index (χ1n) is 4.24. The van der Waals surface area contributed by atoms with Crippen LogP contribution in [0.25, 0.3) is 0 Å². The van der Waals surface area contributed by atoms with Gasteiger partial charge in [0, 0.05) is 5.56 Å². The fourth-order valence-corrected chi connectivity index (χ4v) is 1.41. The molecule has 0 unspecified atom stereocenters. The van der Waals surface area contributed by atoms with Gasteiger partial charge in [0.25, 0.3) is 0 Å². The van der Waals surface area contributed by atoms with Crippen LogP contribution in [0.4, 0.5) is 0 Å². The summed E-state index contributed by atoms with van der Waals surface area (Å²) in [6.45, 7) is 2.85. The van der Waals surface area contributed by atoms with Gasteiger partial charge >= 0.3 is 5.97 Å². The lowest BCUT2D eigenvalue weighted by Crippen LogP contribution is -1.96. The van der Waals surface area contributed by atoms with E-state index >= 15 is 0 Å². The summed E-state index contributed by atoms with van der Waals surface area (Å²) in [4.78, 5) is 11.1. The molecule has 1 aliphatic rings. The normalized spacial score (nSPS) is 13.8. The molecule has 2 rings (SSSR count). The number of rotatable bonds is 2. The Morgan fingerprint density at radius 1 is 1.54 bits per heavy atom. The zero-order valence-electron chi connectivity index (χ0n) is 7.37. The molecular weight excluding hydrogens is 168 g/mol. The number of carbonyl (C=O) groups excluding carboxylic acids is 1. The van der Waals surface area contributed by atoms with Gasteiger partial charge in [0.05, 0.1) is 12.2 Å². The molecule has 3 nitrogen and oxygen atoms in total. The fourth-order valence-electron chi connectivity index (χ4n) is 1.41. The quantitative estimate of drug-likeness (QED) is 0.647. The van der Waals surface area contributed by atoms with Crippen LogP contribution in [0.1, 0.15) is 22.8 Å². The van der Waals surface area contributed by atoms with Crippen molar-refractivity contribution in [2.24, 2.45) is 0 Å². The summed E-state index contributed by atoms with van der Waals surface area (Å²) >= 11 is 0. The average Bonchev–Trinajstić information content (AvgIpc) is 2.50. The van der Waals surface area contributed by atoms with Gasteiger partial charge in [0.2, 0.25) is 0 Å². The van der Waals surface area contributed by atoms with Crippen molar-refractivity contribution in [2.45, 2.75) is 13.5 Å². The summed E-state index contributed by atoms with van der Waals surface area (Å²) in [5, 5.41) is 0. The predicted molar refractivity (Wildman–Crippen MR) is 46.7 cm³/mol. The Balaban J connectivity index is 2.44. The zero-order valence-corrected chi connectivity index (χ0v) is 7.37. The minimum Gasteiger partial charge on any atom is -0.493 e. The second-order valence-corrected chi connectivity index (χ2v) is 2.79. The molecule has 0 aromatic heterocycles. The van der Waals surface area contributed by atoms with E-state index in [2.05, 4.69) is 0 Å². The van der Waals surface area contributed by atoms with Gasteiger partial charge in [0.15, 0.2) is 0 Å². The highest BCUT2D eigenvalue weighted by Crippen LogP contribution is 2.28. The van der Waals surface area contributed by atoms with Crippen LogP contribution in [0.3, 0.4) is 0 Å². The molecule has 1 aromatic rings. The molecule has 0 saturated heterocycles. The van der Waals surface area contributed by atoms with Crippen LogP contribution in [-0.4, -0.2) is 12.6 Å². The number of benzene rings is 1. The predicted octanol–water partition coefficient (Wildman–Crippen LogP) is 1.76. The van der Waals surface area contributed by atoms with Crippen LogP contribution in [0.15, 0.2) is 18.2 Å². The molecule has 0 aliphatic carbocycles. The molecule has 0 saturated carbocycles. The van der Waals surface area contributed by atoms with Gasteiger partial charge in [-0.25, -0.2) is 4.79 Å². The maximum atomic E-state index is 11.1. The lowest BCUT2D eigenvalue weighted by atomic mass is 10.1. The molecular formula is C10H10O3. The highest BCUT2D eigenvalue weighted by atomic mass is 16.5. The van der Waals surface area contributed by atoms with E-state index < -0.39 is 0 Å². The second-order valence-electron chi connectivity index (χ2n) is 2.79. The average molecular weight is 178 g/mol. The third-order valence-electron chi connectivity index (χ3n) is 2.00. The fraction of sp³-hybridized carbons (Fsp3) is 0.300. The SMILES string of the molecule is CCOc1cccc2c1COC2=O. The van der Waals surface area contributed by atoms with Gasteiger partial charge in [-0.2, -0.15) is 0 Å². The van der Waals surface area contributed by atoms with Gasteiger partial charge < -0.3 is 9.47 Å². The highest BCUT2D eigenvalue weighted by molar-refractivity contribution is 5.94. The van der Waals surface area contributed by atoms with E-state index in [9.17, 15) is 4.79 Å². The third kappa shape index (κ3) is 1.26. The summed E-state index contributed by atoms with van der Waals surface area (Å²) < 4.78 is 10.3. The number of hydrogen-bond donors (Lipinski definition) is 0. The van der Waals surface area contributed by atoms with Crippen LogP contribution >= 0.6 is 0 Å². The summed E-state index contributed by atoms with van der Waals surface area (Å²) in [6, 6.07) is 5.41. The first-order chi connectivity index (χ1) is 6.33. The topological polar surface area (TPSA) is 35.5 Å². The van der Waals surface area contributed by atoms with Gasteiger partial charge in [0.1, 0.15) is 12.4 Å². The van der Waals surface area contributed by atoms with Crippen LogP contribution in [0, 0.1) is 0 Å². The van der Waals surface area contributed by atoms with E-state index in [1.165, 1.54) is 0 Å². The molecule has 0 atom stereocenters. The third-order valence-corrected chi connectivity index (χ3v) is 2.00. The van der Waals surface area contributed by atoms with Crippen LogP contribution in [0.2, 0.25) is 0 Å². The monoisotopic (exact) mass is 178 g/mol. The minimum absolute atomic E-state index is 0.253. The second kappa shape index (κ2) is 3.09. The molecule has 3 heteroatoms. The smallest absolute Gasteiger partial charge is 0.339 e. The molecule has 0 spiro atoms. The van der Waals surface area contributed by atoms with Crippen LogP contribution in [-0.2, 0) is 11.3 Å². The Morgan fingerprint density at radius 2 is 2.38 bits per heavy atom. The zero-order chi connectivity index (χ0) is 9.26. The van der Waals surface area contributed by atoms with Crippen molar-refractivity contribution >= 4 is 5.97 Å². The van der Waals surface area contributed by atoms with Gasteiger partial charge in [-0.1, -0.05) is 6.07 Å². The summed E-state index contributed by atoms with van der Waals surface area (Å²) in [6.07, 6.45) is 0. The lowest BCUT2D eigenvalue weighted by molar-refractivity contribution is 0.0534. The first kappa shape index (κ1) is 8.10. The summed E-state index contributed by atoms with van der Waals surface area (Å²) in [7, 11) is 0. The van der Waals surface area contributed by atoms with E-state index in [4.69, 9.17) is 9.47 Å². The number of fused-ring (bicyclic) bond motifs is 1. The van der Waals surface area contributed by atoms with Gasteiger partial charge in [-0.15, -0.1) is 0 Å². The molecule has 0 radical (unpaired) electrons. The molecule has 13 heavy (non-hydrogen) atoms. The molecule has 0 fully saturated rings. The van der Waals surface area contributed by atoms with Crippen molar-refractivity contribution in [1.82, 2.24) is 0 Å². The number of carbonyl (C=O) groups is 1. The van der Waals surface area contributed by atoms with Crippen molar-refractivity contribution in [3.05, 3.63) is 29.3 Å². The van der Waals surface area contributed by atoms with E-state index in [0.717, 1.165) is 11.3 Å². The molecule has 0 amide bonds. The maximum absolute atomic E-state index is 11.1. The number of ether oxygens (including phenoxy) is 2. The van der Waals surface area contributed by atoms with Crippen molar-refractivity contribution in [1.29, 1.82) is 0 Å². The Morgan fingerprint density at radius 3 is 3.15 bits per heavy atom. The number of cyclic esters (lactones) is 1. The molecule has 1 heterocycles. The van der Waals surface area contributed by atoms with E-state index in [1.54, 1.807) is 12.1 Å². The standard InChI is InChI=1S/C10H10O3/c1-2-12-9-5-3-4-7-8(9)6-13-10(7)11/h3-5H,2,6H2,1H3. The Kier molecular flexibility index (Phi) is 1.93. The van der Waals surface area contributed by atoms with Gasteiger partial charge in [-0.05, 0) is 19.1 Å². The van der Waals surface area contributed by atoms with E-state index in [-0.39, 0.29) is 5.97 Å². The van der Waals surface area contributed by atoms with Gasteiger partial charge in [-0.3, -0.25) is 0 Å². The van der Waals surface area contributed by atoms with Crippen molar-refractivity contribution in [2.75, 3.05) is 6.61 Å². The summed E-state index contributed by atoms with van der Waals surface area (Å²) in [5.41, 5.74) is 1.50. The lowest BCUT2D eigenvalue weighted by Gasteiger charge is -2.05. The first-order valence-corrected chi connectivity index (χ1v) is 4.24. The van der Waals surface area contributed by atoms with Crippen LogP contribution in [0.5, 0.6) is 5.75 Å². The molecule has 0 bridgehead atoms. The van der Waals surface area contributed by atoms with Crippen molar-refractivity contribution in [3.63, 3.8) is 0 Å². The maximum Gasteiger partial charge on any atom is 0.339 e. The number of hydrogen-bond acceptors (Lipinski definition) is 3. The Hall–Kier alpha value is -1.51. The van der Waals surface area contributed by atoms with Crippen molar-refractivity contribution < 1.29 is 14.3 Å². The number of esters is 1. The van der Waals surface area contributed by atoms with Crippen molar-refractivity contribution in [3.8, 4) is 5.75 Å². The molecule has 1 aromatic carbocycles. The molecule has 0 N–H and O–H groups in total. The van der Waals surface area contributed by atoms with Crippen LogP contribution < -0.4 is 4.74 Å².